The molecule has 4 nitrogen and oxygen atoms in total. The number of hydrogen-bond acceptors (Lipinski definition) is 3. The molecular weight excluding hydrogens is 332 g/mol. The number of hydrogen-bond donors (Lipinski definition) is 2. The van der Waals surface area contributed by atoms with Crippen molar-refractivity contribution in [1.82, 2.24) is 5.32 Å². The fraction of sp³-hybridized carbons (Fsp3) is 0.0588. The maximum Gasteiger partial charge on any atom is 0.263 e. The Morgan fingerprint density at radius 3 is 2.35 bits per heavy atom. The van der Waals surface area contributed by atoms with Crippen molar-refractivity contribution in [3.8, 4) is 0 Å². The molecule has 0 aliphatic rings. The van der Waals surface area contributed by atoms with E-state index in [2.05, 4.69) is 5.32 Å². The van der Waals surface area contributed by atoms with E-state index in [0.717, 1.165) is 10.1 Å². The van der Waals surface area contributed by atoms with Gasteiger partial charge in [-0.15, -0.1) is 11.3 Å². The van der Waals surface area contributed by atoms with Gasteiger partial charge in [-0.2, -0.15) is 0 Å². The summed E-state index contributed by atoms with van der Waals surface area (Å²) in [6.45, 7) is 0. The Kier molecular flexibility index (Phi) is 4.32. The summed E-state index contributed by atoms with van der Waals surface area (Å²) in [5, 5.41) is 3.87. The van der Waals surface area contributed by atoms with Gasteiger partial charge in [-0.3, -0.25) is 9.59 Å². The van der Waals surface area contributed by atoms with Crippen molar-refractivity contribution in [2.75, 3.05) is 0 Å². The van der Waals surface area contributed by atoms with Crippen LogP contribution in [0.1, 0.15) is 21.3 Å². The topological polar surface area (TPSA) is 72.2 Å². The minimum atomic E-state index is -0.898. The monoisotopic (exact) mass is 344 g/mol. The molecule has 0 saturated carbocycles. The Morgan fingerprint density at radius 1 is 1.04 bits per heavy atom. The maximum atomic E-state index is 12.5. The van der Waals surface area contributed by atoms with Crippen LogP contribution in [-0.2, 0) is 4.79 Å². The normalized spacial score (nSPS) is 12.0. The highest BCUT2D eigenvalue weighted by molar-refractivity contribution is 7.21. The molecule has 3 rings (SSSR count). The van der Waals surface area contributed by atoms with Crippen molar-refractivity contribution in [2.45, 2.75) is 6.04 Å². The number of nitrogens with two attached hydrogens (primary N) is 1. The molecule has 2 amide bonds. The number of benzene rings is 2. The summed E-state index contributed by atoms with van der Waals surface area (Å²) < 4.78 is 0.915. The molecule has 23 heavy (non-hydrogen) atoms. The van der Waals surface area contributed by atoms with E-state index in [1.807, 2.05) is 30.3 Å². The molecule has 1 aromatic heterocycles. The first-order valence-electron chi connectivity index (χ1n) is 6.90. The Bertz CT molecular complexity index is 877. The van der Waals surface area contributed by atoms with Crippen LogP contribution in [0, 0.1) is 0 Å². The smallest absolute Gasteiger partial charge is 0.263 e. The Morgan fingerprint density at radius 2 is 1.70 bits per heavy atom. The molecule has 1 heterocycles. The molecule has 1 atom stereocenters. The van der Waals surface area contributed by atoms with Gasteiger partial charge in [0, 0.05) is 10.1 Å². The molecule has 0 aliphatic carbocycles. The maximum absolute atomic E-state index is 12.5. The summed E-state index contributed by atoms with van der Waals surface area (Å²) in [7, 11) is 0. The van der Waals surface area contributed by atoms with Gasteiger partial charge in [0.1, 0.15) is 10.9 Å². The second-order valence-electron chi connectivity index (χ2n) is 4.96. The number of amides is 2. The SMILES string of the molecule is NC(=O)[C@H](NC(=O)c1sc2ccccc2c1Cl)c1ccccc1. The lowest BCUT2D eigenvalue weighted by Gasteiger charge is -2.15. The number of nitrogens with one attached hydrogen (secondary N) is 1. The lowest BCUT2D eigenvalue weighted by molar-refractivity contribution is -0.120. The predicted molar refractivity (Wildman–Crippen MR) is 92.7 cm³/mol. The average molecular weight is 345 g/mol. The molecule has 0 saturated heterocycles. The van der Waals surface area contributed by atoms with Gasteiger partial charge in [-0.1, -0.05) is 60.1 Å². The molecule has 0 aliphatic heterocycles. The van der Waals surface area contributed by atoms with Crippen molar-refractivity contribution in [1.29, 1.82) is 0 Å². The van der Waals surface area contributed by atoms with Crippen molar-refractivity contribution in [3.63, 3.8) is 0 Å². The fourth-order valence-corrected chi connectivity index (χ4v) is 3.74. The van der Waals surface area contributed by atoms with Crippen molar-refractivity contribution in [3.05, 3.63) is 70.1 Å². The van der Waals surface area contributed by atoms with Crippen LogP contribution in [0.25, 0.3) is 10.1 Å². The number of halogens is 1. The van der Waals surface area contributed by atoms with Gasteiger partial charge >= 0.3 is 0 Å². The van der Waals surface area contributed by atoms with Crippen LogP contribution in [0.2, 0.25) is 5.02 Å². The molecule has 3 N–H and O–H groups in total. The number of carbonyl (C=O) groups is 2. The summed E-state index contributed by atoms with van der Waals surface area (Å²) in [6, 6.07) is 15.5. The van der Waals surface area contributed by atoms with E-state index in [1.165, 1.54) is 11.3 Å². The summed E-state index contributed by atoms with van der Waals surface area (Å²) >= 11 is 7.58. The molecule has 6 heteroatoms. The summed E-state index contributed by atoms with van der Waals surface area (Å²) in [5.74, 6) is -1.04. The second kappa shape index (κ2) is 6.40. The van der Waals surface area contributed by atoms with Crippen LogP contribution in [0.4, 0.5) is 0 Å². The summed E-state index contributed by atoms with van der Waals surface area (Å²) in [4.78, 5) is 24.6. The van der Waals surface area contributed by atoms with Gasteiger partial charge < -0.3 is 11.1 Å². The first-order chi connectivity index (χ1) is 11.1. The number of carbonyl (C=O) groups excluding carboxylic acids is 2. The Balaban J connectivity index is 1.92. The van der Waals surface area contributed by atoms with E-state index in [0.29, 0.717) is 15.5 Å². The van der Waals surface area contributed by atoms with Crippen molar-refractivity contribution < 1.29 is 9.59 Å². The highest BCUT2D eigenvalue weighted by Gasteiger charge is 2.24. The zero-order valence-corrected chi connectivity index (χ0v) is 13.5. The highest BCUT2D eigenvalue weighted by atomic mass is 35.5. The number of fused-ring (bicyclic) bond motifs is 1. The minimum absolute atomic E-state index is 0.370. The lowest BCUT2D eigenvalue weighted by atomic mass is 10.1. The minimum Gasteiger partial charge on any atom is -0.368 e. The molecule has 3 aromatic rings. The first-order valence-corrected chi connectivity index (χ1v) is 8.09. The molecular formula is C17H13ClN2O2S. The Labute approximate surface area is 141 Å². The summed E-state index contributed by atoms with van der Waals surface area (Å²) in [5.41, 5.74) is 6.06. The van der Waals surface area contributed by atoms with Crippen LogP contribution in [0.15, 0.2) is 54.6 Å². The first kappa shape index (κ1) is 15.5. The molecule has 0 bridgehead atoms. The second-order valence-corrected chi connectivity index (χ2v) is 6.39. The van der Waals surface area contributed by atoms with E-state index >= 15 is 0 Å². The summed E-state index contributed by atoms with van der Waals surface area (Å²) in [6.07, 6.45) is 0. The number of thiophene rings is 1. The molecule has 0 spiro atoms. The third kappa shape index (κ3) is 3.06. The fourth-order valence-electron chi connectivity index (χ4n) is 2.32. The molecule has 0 unspecified atom stereocenters. The average Bonchev–Trinajstić information content (AvgIpc) is 2.90. The van der Waals surface area contributed by atoms with Crippen LogP contribution in [-0.4, -0.2) is 11.8 Å². The van der Waals surface area contributed by atoms with E-state index in [1.54, 1.807) is 24.3 Å². The zero-order chi connectivity index (χ0) is 16.4. The van der Waals surface area contributed by atoms with Gasteiger partial charge in [0.05, 0.1) is 5.02 Å². The van der Waals surface area contributed by atoms with E-state index in [9.17, 15) is 9.59 Å². The highest BCUT2D eigenvalue weighted by Crippen LogP contribution is 2.35. The van der Waals surface area contributed by atoms with E-state index in [4.69, 9.17) is 17.3 Å². The van der Waals surface area contributed by atoms with Gasteiger partial charge in [0.25, 0.3) is 5.91 Å². The van der Waals surface area contributed by atoms with Crippen LogP contribution >= 0.6 is 22.9 Å². The van der Waals surface area contributed by atoms with E-state index in [-0.39, 0.29) is 0 Å². The molecule has 0 radical (unpaired) electrons. The Hall–Kier alpha value is -2.37. The number of rotatable bonds is 4. The van der Waals surface area contributed by atoms with Crippen LogP contribution in [0.5, 0.6) is 0 Å². The molecule has 0 fully saturated rings. The van der Waals surface area contributed by atoms with Gasteiger partial charge in [0.15, 0.2) is 0 Å². The predicted octanol–water partition coefficient (Wildman–Crippen LogP) is 3.51. The number of primary amides is 1. The largest absolute Gasteiger partial charge is 0.368 e. The third-order valence-corrected chi connectivity index (χ3v) is 5.11. The van der Waals surface area contributed by atoms with Gasteiger partial charge in [-0.05, 0) is 11.6 Å². The standard InChI is InChI=1S/C17H13ClN2O2S/c18-13-11-8-4-5-9-12(11)23-15(13)17(22)20-14(16(19)21)10-6-2-1-3-7-10/h1-9,14H,(H2,19,21)(H,20,22)/t14-/m1/s1. The van der Waals surface area contributed by atoms with Crippen LogP contribution < -0.4 is 11.1 Å². The zero-order valence-electron chi connectivity index (χ0n) is 12.0. The lowest BCUT2D eigenvalue weighted by Crippen LogP contribution is -2.37. The van der Waals surface area contributed by atoms with Crippen molar-refractivity contribution >= 4 is 44.8 Å². The van der Waals surface area contributed by atoms with Gasteiger partial charge in [-0.25, -0.2) is 0 Å². The molecule has 2 aromatic carbocycles. The van der Waals surface area contributed by atoms with Gasteiger partial charge in [0.2, 0.25) is 5.91 Å². The molecule has 116 valence electrons. The third-order valence-electron chi connectivity index (χ3n) is 3.43. The van der Waals surface area contributed by atoms with E-state index < -0.39 is 17.9 Å². The van der Waals surface area contributed by atoms with Crippen LogP contribution in [0.3, 0.4) is 0 Å². The quantitative estimate of drug-likeness (QED) is 0.760. The van der Waals surface area contributed by atoms with Crippen molar-refractivity contribution in [2.24, 2.45) is 5.73 Å².